The second-order valence-corrected chi connectivity index (χ2v) is 7.94. The highest BCUT2D eigenvalue weighted by Crippen LogP contribution is 2.19. The number of halogens is 1. The summed E-state index contributed by atoms with van der Waals surface area (Å²) >= 11 is 0. The van der Waals surface area contributed by atoms with Crippen LogP contribution in [0.5, 0.6) is 0 Å². The van der Waals surface area contributed by atoms with Gasteiger partial charge in [0.1, 0.15) is 0 Å². The summed E-state index contributed by atoms with van der Waals surface area (Å²) in [4.78, 5) is 17.8. The number of aliphatic imine (C=N–C) groups is 1. The van der Waals surface area contributed by atoms with Crippen molar-refractivity contribution in [3.05, 3.63) is 35.4 Å². The van der Waals surface area contributed by atoms with E-state index in [4.69, 9.17) is 4.74 Å². The fourth-order valence-corrected chi connectivity index (χ4v) is 3.52. The molecular weight excluding hydrogens is 491 g/mol. The van der Waals surface area contributed by atoms with Crippen LogP contribution < -0.4 is 10.6 Å². The summed E-state index contributed by atoms with van der Waals surface area (Å²) in [6.45, 7) is 2.40. The third-order valence-corrected chi connectivity index (χ3v) is 5.31. The summed E-state index contributed by atoms with van der Waals surface area (Å²) in [6.07, 6.45) is 10.5. The van der Waals surface area contributed by atoms with Gasteiger partial charge in [0.2, 0.25) is 0 Å². The SMILES string of the molecule is CN=C(NCCCCOC1CCCCCC1)NCc1ccc(C(=O)N(C)C)cc1.I. The molecule has 0 spiro atoms. The first-order chi connectivity index (χ1) is 14.1. The maximum absolute atomic E-state index is 11.9. The number of nitrogens with one attached hydrogen (secondary N) is 2. The van der Waals surface area contributed by atoms with Gasteiger partial charge in [-0.25, -0.2) is 0 Å². The quantitative estimate of drug-likeness (QED) is 0.165. The van der Waals surface area contributed by atoms with Gasteiger partial charge in [-0.2, -0.15) is 0 Å². The maximum atomic E-state index is 11.9. The molecule has 1 aromatic rings. The molecule has 0 unspecified atom stereocenters. The minimum atomic E-state index is 0. The maximum Gasteiger partial charge on any atom is 0.253 e. The van der Waals surface area contributed by atoms with E-state index in [0.29, 0.717) is 18.2 Å². The number of guanidine groups is 1. The molecule has 1 aliphatic carbocycles. The molecular formula is C23H39IN4O2. The van der Waals surface area contributed by atoms with Crippen LogP contribution in [0.1, 0.15) is 67.3 Å². The number of carbonyl (C=O) groups is 1. The largest absolute Gasteiger partial charge is 0.378 e. The topological polar surface area (TPSA) is 66.0 Å². The van der Waals surface area contributed by atoms with E-state index in [9.17, 15) is 4.79 Å². The molecule has 2 N–H and O–H groups in total. The lowest BCUT2D eigenvalue weighted by Gasteiger charge is -2.16. The predicted octanol–water partition coefficient (Wildman–Crippen LogP) is 4.19. The molecule has 0 atom stereocenters. The van der Waals surface area contributed by atoms with Gasteiger partial charge in [0.05, 0.1) is 6.10 Å². The van der Waals surface area contributed by atoms with Gasteiger partial charge in [0, 0.05) is 46.4 Å². The first kappa shape index (κ1) is 26.7. The summed E-state index contributed by atoms with van der Waals surface area (Å²) in [6, 6.07) is 7.68. The van der Waals surface area contributed by atoms with E-state index in [1.54, 1.807) is 26.0 Å². The third kappa shape index (κ3) is 10.1. The Balaban J connectivity index is 0.00000450. The molecule has 0 aromatic heterocycles. The van der Waals surface area contributed by atoms with Crippen LogP contribution in [0.4, 0.5) is 0 Å². The lowest BCUT2D eigenvalue weighted by Crippen LogP contribution is -2.37. The monoisotopic (exact) mass is 530 g/mol. The molecule has 1 amide bonds. The van der Waals surface area contributed by atoms with Crippen molar-refractivity contribution in [1.29, 1.82) is 0 Å². The zero-order chi connectivity index (χ0) is 20.9. The minimum Gasteiger partial charge on any atom is -0.378 e. The lowest BCUT2D eigenvalue weighted by molar-refractivity contribution is 0.0411. The smallest absolute Gasteiger partial charge is 0.253 e. The Morgan fingerprint density at radius 3 is 2.33 bits per heavy atom. The molecule has 1 aromatic carbocycles. The molecule has 6 nitrogen and oxygen atoms in total. The van der Waals surface area contributed by atoms with E-state index >= 15 is 0 Å². The van der Waals surface area contributed by atoms with Gasteiger partial charge in [-0.15, -0.1) is 24.0 Å². The Morgan fingerprint density at radius 2 is 1.73 bits per heavy atom. The van der Waals surface area contributed by atoms with Gasteiger partial charge >= 0.3 is 0 Å². The van der Waals surface area contributed by atoms with Crippen molar-refractivity contribution in [2.45, 2.75) is 64.0 Å². The summed E-state index contributed by atoms with van der Waals surface area (Å²) in [5.41, 5.74) is 1.81. The van der Waals surface area contributed by atoms with Crippen molar-refractivity contribution in [2.24, 2.45) is 4.99 Å². The molecule has 2 rings (SSSR count). The number of benzene rings is 1. The Hall–Kier alpha value is -1.35. The molecule has 0 aliphatic heterocycles. The van der Waals surface area contributed by atoms with Crippen LogP contribution in [0.3, 0.4) is 0 Å². The highest BCUT2D eigenvalue weighted by atomic mass is 127. The number of hydrogen-bond donors (Lipinski definition) is 2. The average Bonchev–Trinajstić information content (AvgIpc) is 3.01. The molecule has 0 saturated heterocycles. The molecule has 1 saturated carbocycles. The third-order valence-electron chi connectivity index (χ3n) is 5.31. The van der Waals surface area contributed by atoms with Crippen LogP contribution in [0, 0.1) is 0 Å². The summed E-state index contributed by atoms with van der Waals surface area (Å²) in [5.74, 6) is 0.813. The van der Waals surface area contributed by atoms with Crippen molar-refractivity contribution in [3.8, 4) is 0 Å². The Morgan fingerprint density at radius 1 is 1.07 bits per heavy atom. The molecule has 0 heterocycles. The number of ether oxygens (including phenoxy) is 1. The number of rotatable bonds is 9. The van der Waals surface area contributed by atoms with E-state index in [0.717, 1.165) is 37.5 Å². The van der Waals surface area contributed by atoms with Crippen molar-refractivity contribution in [1.82, 2.24) is 15.5 Å². The Labute approximate surface area is 199 Å². The van der Waals surface area contributed by atoms with Crippen LogP contribution in [0.25, 0.3) is 0 Å². The first-order valence-electron chi connectivity index (χ1n) is 11.0. The van der Waals surface area contributed by atoms with Crippen molar-refractivity contribution >= 4 is 35.8 Å². The highest BCUT2D eigenvalue weighted by molar-refractivity contribution is 14.0. The van der Waals surface area contributed by atoms with Gasteiger partial charge in [0.15, 0.2) is 5.96 Å². The van der Waals surface area contributed by atoms with Gasteiger partial charge < -0.3 is 20.3 Å². The van der Waals surface area contributed by atoms with Crippen molar-refractivity contribution in [3.63, 3.8) is 0 Å². The molecule has 1 aliphatic rings. The van der Waals surface area contributed by atoms with E-state index in [1.165, 1.54) is 38.5 Å². The molecule has 30 heavy (non-hydrogen) atoms. The lowest BCUT2D eigenvalue weighted by atomic mass is 10.1. The molecule has 7 heteroatoms. The van der Waals surface area contributed by atoms with Crippen LogP contribution in [0.15, 0.2) is 29.3 Å². The van der Waals surface area contributed by atoms with Crippen molar-refractivity contribution < 1.29 is 9.53 Å². The van der Waals surface area contributed by atoms with E-state index in [-0.39, 0.29) is 29.9 Å². The summed E-state index contributed by atoms with van der Waals surface area (Å²) in [7, 11) is 5.30. The van der Waals surface area contributed by atoms with Crippen molar-refractivity contribution in [2.75, 3.05) is 34.3 Å². The highest BCUT2D eigenvalue weighted by Gasteiger charge is 2.12. The van der Waals surface area contributed by atoms with Crippen LogP contribution in [-0.4, -0.2) is 57.2 Å². The number of carbonyl (C=O) groups excluding carboxylic acids is 1. The van der Waals surface area contributed by atoms with E-state index in [2.05, 4.69) is 15.6 Å². The van der Waals surface area contributed by atoms with Gasteiger partial charge in [-0.05, 0) is 43.4 Å². The van der Waals surface area contributed by atoms with Crippen LogP contribution in [0.2, 0.25) is 0 Å². The standard InChI is InChI=1S/C23H38N4O2.HI/c1-24-23(25-16-8-9-17-29-21-10-6-4-5-7-11-21)26-18-19-12-14-20(15-13-19)22(28)27(2)3;/h12-15,21H,4-11,16-18H2,1-3H3,(H2,24,25,26);1H. The van der Waals surface area contributed by atoms with Crippen LogP contribution >= 0.6 is 24.0 Å². The van der Waals surface area contributed by atoms with E-state index in [1.807, 2.05) is 24.3 Å². The van der Waals surface area contributed by atoms with Crippen LogP contribution in [-0.2, 0) is 11.3 Å². The number of nitrogens with zero attached hydrogens (tertiary/aromatic N) is 2. The average molecular weight is 530 g/mol. The fourth-order valence-electron chi connectivity index (χ4n) is 3.52. The zero-order valence-electron chi connectivity index (χ0n) is 18.8. The van der Waals surface area contributed by atoms with Gasteiger partial charge in [-0.1, -0.05) is 37.8 Å². The normalized spacial score (nSPS) is 15.1. The second kappa shape index (κ2) is 15.5. The van der Waals surface area contributed by atoms with Gasteiger partial charge in [0.25, 0.3) is 5.91 Å². The summed E-state index contributed by atoms with van der Waals surface area (Å²) in [5, 5.41) is 6.67. The summed E-state index contributed by atoms with van der Waals surface area (Å²) < 4.78 is 6.04. The Kier molecular flexibility index (Phi) is 13.7. The Bertz CT molecular complexity index is 627. The first-order valence-corrected chi connectivity index (χ1v) is 11.0. The minimum absolute atomic E-state index is 0. The molecule has 1 fully saturated rings. The zero-order valence-corrected chi connectivity index (χ0v) is 21.1. The predicted molar refractivity (Wildman–Crippen MR) is 135 cm³/mol. The molecule has 0 radical (unpaired) electrons. The van der Waals surface area contributed by atoms with E-state index < -0.39 is 0 Å². The number of amides is 1. The molecule has 170 valence electrons. The second-order valence-electron chi connectivity index (χ2n) is 7.94. The number of unbranched alkanes of at least 4 members (excludes halogenated alkanes) is 1. The molecule has 0 bridgehead atoms. The fraction of sp³-hybridized carbons (Fsp3) is 0.652. The number of hydrogen-bond acceptors (Lipinski definition) is 3. The van der Waals surface area contributed by atoms with Gasteiger partial charge in [-0.3, -0.25) is 9.79 Å².